The molecule has 1 aliphatic rings. The summed E-state index contributed by atoms with van der Waals surface area (Å²) in [6.07, 6.45) is 7.81. The Balaban J connectivity index is 2.35. The van der Waals surface area contributed by atoms with Crippen LogP contribution in [0.5, 0.6) is 0 Å². The average Bonchev–Trinajstić information content (AvgIpc) is 2.53. The highest BCUT2D eigenvalue weighted by atomic mass is 16.2. The number of rotatable bonds is 4. The molecule has 0 saturated carbocycles. The second-order valence-electron chi connectivity index (χ2n) is 4.49. The molecule has 88 valence electrons. The maximum absolute atomic E-state index is 12.0. The summed E-state index contributed by atoms with van der Waals surface area (Å²) < 4.78 is 0. The molecule has 1 rings (SSSR count). The third-order valence-electron chi connectivity index (χ3n) is 3.10. The Bertz CT molecular complexity index is 186. The van der Waals surface area contributed by atoms with Crippen molar-refractivity contribution >= 4 is 5.91 Å². The van der Waals surface area contributed by atoms with E-state index < -0.39 is 0 Å². The number of hydrogen-bond acceptors (Lipinski definition) is 2. The zero-order valence-corrected chi connectivity index (χ0v) is 9.87. The van der Waals surface area contributed by atoms with Crippen LogP contribution in [0.4, 0.5) is 0 Å². The number of amides is 1. The number of hydrogen-bond donors (Lipinski definition) is 1. The van der Waals surface area contributed by atoms with Crippen LogP contribution >= 0.6 is 0 Å². The van der Waals surface area contributed by atoms with Crippen molar-refractivity contribution in [3.8, 4) is 0 Å². The number of nitrogens with two attached hydrogens (primary N) is 1. The number of carbonyl (C=O) groups is 1. The fraction of sp³-hybridized carbons (Fsp3) is 0.917. The summed E-state index contributed by atoms with van der Waals surface area (Å²) in [6.45, 7) is 3.96. The van der Waals surface area contributed by atoms with Crippen molar-refractivity contribution in [3.63, 3.8) is 0 Å². The quantitative estimate of drug-likeness (QED) is 0.773. The number of carbonyl (C=O) groups excluding carboxylic acids is 1. The molecule has 0 radical (unpaired) electrons. The Hall–Kier alpha value is -0.570. The molecule has 1 heterocycles. The first-order valence-corrected chi connectivity index (χ1v) is 6.30. The molecule has 1 amide bonds. The highest BCUT2D eigenvalue weighted by Gasteiger charge is 2.20. The van der Waals surface area contributed by atoms with Gasteiger partial charge in [0.2, 0.25) is 5.91 Å². The van der Waals surface area contributed by atoms with Gasteiger partial charge >= 0.3 is 0 Å². The molecule has 0 bridgehead atoms. The molecule has 1 atom stereocenters. The van der Waals surface area contributed by atoms with Gasteiger partial charge in [-0.2, -0.15) is 0 Å². The van der Waals surface area contributed by atoms with Crippen molar-refractivity contribution in [2.75, 3.05) is 13.1 Å². The minimum atomic E-state index is -0.261. The van der Waals surface area contributed by atoms with Crippen LogP contribution in [-0.2, 0) is 4.79 Å². The lowest BCUT2D eigenvalue weighted by Gasteiger charge is -2.23. The van der Waals surface area contributed by atoms with Crippen LogP contribution < -0.4 is 5.73 Å². The molecule has 0 aromatic carbocycles. The van der Waals surface area contributed by atoms with Crippen molar-refractivity contribution in [1.82, 2.24) is 4.90 Å². The van der Waals surface area contributed by atoms with E-state index >= 15 is 0 Å². The van der Waals surface area contributed by atoms with Crippen LogP contribution in [0.15, 0.2) is 0 Å². The first-order chi connectivity index (χ1) is 7.25. The molecule has 3 nitrogen and oxygen atoms in total. The zero-order chi connectivity index (χ0) is 11.1. The first kappa shape index (κ1) is 12.5. The van der Waals surface area contributed by atoms with Crippen molar-refractivity contribution in [2.24, 2.45) is 5.73 Å². The van der Waals surface area contributed by atoms with Crippen LogP contribution in [0, 0.1) is 0 Å². The van der Waals surface area contributed by atoms with Gasteiger partial charge in [-0.1, -0.05) is 32.6 Å². The Morgan fingerprint density at radius 2 is 1.87 bits per heavy atom. The van der Waals surface area contributed by atoms with Crippen LogP contribution in [0.3, 0.4) is 0 Å². The van der Waals surface area contributed by atoms with Gasteiger partial charge in [-0.15, -0.1) is 0 Å². The lowest BCUT2D eigenvalue weighted by molar-refractivity contribution is -0.132. The molecule has 2 N–H and O–H groups in total. The molecule has 3 heteroatoms. The third kappa shape index (κ3) is 4.20. The molecule has 0 aliphatic carbocycles. The molecule has 0 aromatic rings. The maximum Gasteiger partial charge on any atom is 0.239 e. The van der Waals surface area contributed by atoms with Crippen LogP contribution in [-0.4, -0.2) is 29.9 Å². The van der Waals surface area contributed by atoms with Crippen molar-refractivity contribution in [3.05, 3.63) is 0 Å². The van der Waals surface area contributed by atoms with Crippen LogP contribution in [0.2, 0.25) is 0 Å². The topological polar surface area (TPSA) is 46.3 Å². The number of nitrogens with zero attached hydrogens (tertiary/aromatic N) is 1. The predicted octanol–water partition coefficient (Wildman–Crippen LogP) is 1.91. The van der Waals surface area contributed by atoms with Gasteiger partial charge in [0, 0.05) is 13.1 Å². The van der Waals surface area contributed by atoms with E-state index in [2.05, 4.69) is 6.92 Å². The van der Waals surface area contributed by atoms with Gasteiger partial charge in [0.05, 0.1) is 6.04 Å². The van der Waals surface area contributed by atoms with E-state index in [4.69, 9.17) is 5.73 Å². The van der Waals surface area contributed by atoms with Crippen molar-refractivity contribution in [2.45, 2.75) is 57.9 Å². The van der Waals surface area contributed by atoms with Crippen LogP contribution in [0.25, 0.3) is 0 Å². The summed E-state index contributed by atoms with van der Waals surface area (Å²) in [5.74, 6) is 0.172. The van der Waals surface area contributed by atoms with Gasteiger partial charge in [0.25, 0.3) is 0 Å². The first-order valence-electron chi connectivity index (χ1n) is 6.30. The molecular weight excluding hydrogens is 188 g/mol. The molecule has 0 aromatic heterocycles. The summed E-state index contributed by atoms with van der Waals surface area (Å²) in [6, 6.07) is -0.261. The summed E-state index contributed by atoms with van der Waals surface area (Å²) in [4.78, 5) is 13.9. The van der Waals surface area contributed by atoms with Gasteiger partial charge in [0.15, 0.2) is 0 Å². The second-order valence-corrected chi connectivity index (χ2v) is 4.49. The highest BCUT2D eigenvalue weighted by Crippen LogP contribution is 2.11. The molecular formula is C12H24N2O. The molecule has 1 aliphatic heterocycles. The second kappa shape index (κ2) is 6.83. The largest absolute Gasteiger partial charge is 0.341 e. The Morgan fingerprint density at radius 1 is 1.27 bits per heavy atom. The smallest absolute Gasteiger partial charge is 0.239 e. The molecule has 1 fully saturated rings. The van der Waals surface area contributed by atoms with E-state index in [0.29, 0.717) is 0 Å². The maximum atomic E-state index is 12.0. The third-order valence-corrected chi connectivity index (χ3v) is 3.10. The van der Waals surface area contributed by atoms with Gasteiger partial charge < -0.3 is 10.6 Å². The SMILES string of the molecule is CCCCC(N)C(=O)N1CCCCCC1. The minimum absolute atomic E-state index is 0.172. The minimum Gasteiger partial charge on any atom is -0.341 e. The summed E-state index contributed by atoms with van der Waals surface area (Å²) >= 11 is 0. The number of unbranched alkanes of at least 4 members (excludes halogenated alkanes) is 1. The Morgan fingerprint density at radius 3 is 2.40 bits per heavy atom. The van der Waals surface area contributed by atoms with Gasteiger partial charge in [-0.05, 0) is 19.3 Å². The summed E-state index contributed by atoms with van der Waals surface area (Å²) in [7, 11) is 0. The molecule has 0 spiro atoms. The van der Waals surface area contributed by atoms with Crippen LogP contribution in [0.1, 0.15) is 51.9 Å². The lowest BCUT2D eigenvalue weighted by atomic mass is 10.1. The highest BCUT2D eigenvalue weighted by molar-refractivity contribution is 5.81. The number of likely N-dealkylation sites (tertiary alicyclic amines) is 1. The van der Waals surface area contributed by atoms with Crippen molar-refractivity contribution in [1.29, 1.82) is 0 Å². The van der Waals surface area contributed by atoms with E-state index in [1.54, 1.807) is 0 Å². The summed E-state index contributed by atoms with van der Waals surface area (Å²) in [5.41, 5.74) is 5.89. The normalized spacial score (nSPS) is 19.7. The Kier molecular flexibility index (Phi) is 5.69. The average molecular weight is 212 g/mol. The van der Waals surface area contributed by atoms with E-state index in [1.165, 1.54) is 12.8 Å². The summed E-state index contributed by atoms with van der Waals surface area (Å²) in [5, 5.41) is 0. The van der Waals surface area contributed by atoms with Gasteiger partial charge in [-0.25, -0.2) is 0 Å². The van der Waals surface area contributed by atoms with Gasteiger partial charge in [-0.3, -0.25) is 4.79 Å². The predicted molar refractivity (Wildman–Crippen MR) is 62.5 cm³/mol. The van der Waals surface area contributed by atoms with E-state index in [0.717, 1.165) is 45.2 Å². The van der Waals surface area contributed by atoms with Crippen molar-refractivity contribution < 1.29 is 4.79 Å². The molecule has 1 saturated heterocycles. The van der Waals surface area contributed by atoms with E-state index in [-0.39, 0.29) is 11.9 Å². The fourth-order valence-electron chi connectivity index (χ4n) is 2.07. The van der Waals surface area contributed by atoms with E-state index in [9.17, 15) is 4.79 Å². The lowest BCUT2D eigenvalue weighted by Crippen LogP contribution is -2.44. The monoisotopic (exact) mass is 212 g/mol. The molecule has 1 unspecified atom stereocenters. The Labute approximate surface area is 93.0 Å². The fourth-order valence-corrected chi connectivity index (χ4v) is 2.07. The standard InChI is InChI=1S/C12H24N2O/c1-2-3-8-11(13)12(15)14-9-6-4-5-7-10-14/h11H,2-10,13H2,1H3. The van der Waals surface area contributed by atoms with E-state index in [1.807, 2.05) is 4.90 Å². The van der Waals surface area contributed by atoms with Gasteiger partial charge in [0.1, 0.15) is 0 Å². The molecule has 15 heavy (non-hydrogen) atoms. The zero-order valence-electron chi connectivity index (χ0n) is 9.87.